The molecule has 4 heteroatoms. The SMILES string of the molecule is CC(C)N(C)CCCCNCCn1ccccc1=O. The van der Waals surface area contributed by atoms with E-state index in [1.54, 1.807) is 16.7 Å². The zero-order valence-corrected chi connectivity index (χ0v) is 12.4. The van der Waals surface area contributed by atoms with Crippen LogP contribution in [0.3, 0.4) is 0 Å². The fourth-order valence-corrected chi connectivity index (χ4v) is 1.84. The highest BCUT2D eigenvalue weighted by Gasteiger charge is 2.01. The van der Waals surface area contributed by atoms with Gasteiger partial charge in [-0.1, -0.05) is 6.07 Å². The molecule has 0 aliphatic carbocycles. The van der Waals surface area contributed by atoms with Crippen LogP contribution < -0.4 is 10.9 Å². The minimum absolute atomic E-state index is 0.0721. The minimum atomic E-state index is 0.0721. The number of nitrogens with one attached hydrogen (secondary N) is 1. The molecule has 0 saturated carbocycles. The Bertz CT molecular complexity index is 400. The molecular weight excluding hydrogens is 238 g/mol. The summed E-state index contributed by atoms with van der Waals surface area (Å²) in [6.45, 7) is 8.20. The number of hydrogen-bond acceptors (Lipinski definition) is 3. The summed E-state index contributed by atoms with van der Waals surface area (Å²) in [6.07, 6.45) is 4.23. The highest BCUT2D eigenvalue weighted by Crippen LogP contribution is 1.97. The Kier molecular flexibility index (Phi) is 7.45. The Labute approximate surface area is 116 Å². The van der Waals surface area contributed by atoms with Crippen LogP contribution in [0, 0.1) is 0 Å². The van der Waals surface area contributed by atoms with E-state index >= 15 is 0 Å². The molecule has 1 rings (SSSR count). The quantitative estimate of drug-likeness (QED) is 0.689. The number of pyridine rings is 1. The third-order valence-corrected chi connectivity index (χ3v) is 3.42. The molecule has 0 amide bonds. The molecule has 0 radical (unpaired) electrons. The highest BCUT2D eigenvalue weighted by molar-refractivity contribution is 4.93. The van der Waals surface area contributed by atoms with E-state index in [4.69, 9.17) is 0 Å². The summed E-state index contributed by atoms with van der Waals surface area (Å²) in [6, 6.07) is 5.89. The molecule has 1 N–H and O–H groups in total. The van der Waals surface area contributed by atoms with E-state index < -0.39 is 0 Å². The maximum Gasteiger partial charge on any atom is 0.250 e. The Morgan fingerprint density at radius 1 is 1.26 bits per heavy atom. The first-order chi connectivity index (χ1) is 9.11. The van der Waals surface area contributed by atoms with Gasteiger partial charge in [-0.2, -0.15) is 0 Å². The topological polar surface area (TPSA) is 37.3 Å². The van der Waals surface area contributed by atoms with Crippen molar-refractivity contribution >= 4 is 0 Å². The van der Waals surface area contributed by atoms with E-state index in [1.165, 1.54) is 12.8 Å². The first-order valence-electron chi connectivity index (χ1n) is 7.17. The van der Waals surface area contributed by atoms with Crippen LogP contribution in [0.2, 0.25) is 0 Å². The monoisotopic (exact) mass is 265 g/mol. The Balaban J connectivity index is 2.03. The van der Waals surface area contributed by atoms with Crippen LogP contribution in [0.1, 0.15) is 26.7 Å². The standard InChI is InChI=1S/C15H27N3O/c1-14(2)17(3)11-7-5-9-16-10-13-18-12-6-4-8-15(18)19/h4,6,8,12,14,16H,5,7,9-11,13H2,1-3H3. The van der Waals surface area contributed by atoms with Crippen molar-refractivity contribution in [3.05, 3.63) is 34.7 Å². The highest BCUT2D eigenvalue weighted by atomic mass is 16.1. The van der Waals surface area contributed by atoms with E-state index in [2.05, 4.69) is 31.1 Å². The lowest BCUT2D eigenvalue weighted by molar-refractivity contribution is 0.268. The van der Waals surface area contributed by atoms with Crippen molar-refractivity contribution in [3.63, 3.8) is 0 Å². The van der Waals surface area contributed by atoms with Gasteiger partial charge in [0.2, 0.25) is 0 Å². The molecule has 4 nitrogen and oxygen atoms in total. The third kappa shape index (κ3) is 6.55. The number of aromatic nitrogens is 1. The van der Waals surface area contributed by atoms with Gasteiger partial charge >= 0.3 is 0 Å². The molecule has 19 heavy (non-hydrogen) atoms. The Morgan fingerprint density at radius 2 is 2.05 bits per heavy atom. The van der Waals surface area contributed by atoms with Crippen LogP contribution in [-0.2, 0) is 6.54 Å². The summed E-state index contributed by atoms with van der Waals surface area (Å²) in [4.78, 5) is 13.8. The van der Waals surface area contributed by atoms with E-state index in [-0.39, 0.29) is 5.56 Å². The van der Waals surface area contributed by atoms with Crippen molar-refractivity contribution < 1.29 is 0 Å². The molecule has 1 aromatic heterocycles. The lowest BCUT2D eigenvalue weighted by atomic mass is 10.2. The molecule has 108 valence electrons. The molecule has 0 atom stereocenters. The summed E-state index contributed by atoms with van der Waals surface area (Å²) in [5.74, 6) is 0. The lowest BCUT2D eigenvalue weighted by Gasteiger charge is -2.20. The second-order valence-corrected chi connectivity index (χ2v) is 5.26. The van der Waals surface area contributed by atoms with E-state index in [0.717, 1.165) is 26.2 Å². The summed E-state index contributed by atoms with van der Waals surface area (Å²) in [7, 11) is 2.17. The van der Waals surface area contributed by atoms with Gasteiger partial charge in [-0.25, -0.2) is 0 Å². The van der Waals surface area contributed by atoms with Crippen molar-refractivity contribution in [2.24, 2.45) is 0 Å². The van der Waals surface area contributed by atoms with Crippen LogP contribution in [-0.4, -0.2) is 42.2 Å². The van der Waals surface area contributed by atoms with Gasteiger partial charge in [0.15, 0.2) is 0 Å². The predicted molar refractivity (Wildman–Crippen MR) is 80.6 cm³/mol. The van der Waals surface area contributed by atoms with Crippen LogP contribution in [0.5, 0.6) is 0 Å². The minimum Gasteiger partial charge on any atom is -0.315 e. The van der Waals surface area contributed by atoms with Gasteiger partial charge < -0.3 is 14.8 Å². The molecule has 0 aliphatic rings. The van der Waals surface area contributed by atoms with Crippen molar-refractivity contribution in [1.29, 1.82) is 0 Å². The van der Waals surface area contributed by atoms with Gasteiger partial charge in [-0.15, -0.1) is 0 Å². The van der Waals surface area contributed by atoms with Crippen LogP contribution in [0.15, 0.2) is 29.2 Å². The molecule has 1 aromatic rings. The number of hydrogen-bond donors (Lipinski definition) is 1. The largest absolute Gasteiger partial charge is 0.315 e. The van der Waals surface area contributed by atoms with Crippen molar-refractivity contribution in [1.82, 2.24) is 14.8 Å². The molecular formula is C15H27N3O. The van der Waals surface area contributed by atoms with Gasteiger partial charge in [-0.05, 0) is 52.9 Å². The van der Waals surface area contributed by atoms with Crippen molar-refractivity contribution in [2.75, 3.05) is 26.7 Å². The zero-order valence-electron chi connectivity index (χ0n) is 12.4. The molecule has 0 unspecified atom stereocenters. The first kappa shape index (κ1) is 15.9. The molecule has 0 spiro atoms. The van der Waals surface area contributed by atoms with Crippen molar-refractivity contribution in [2.45, 2.75) is 39.3 Å². The van der Waals surface area contributed by atoms with E-state index in [9.17, 15) is 4.79 Å². The second kappa shape index (κ2) is 8.88. The number of rotatable bonds is 9. The molecule has 0 aliphatic heterocycles. The average Bonchev–Trinajstić information content (AvgIpc) is 2.39. The van der Waals surface area contributed by atoms with Crippen LogP contribution >= 0.6 is 0 Å². The van der Waals surface area contributed by atoms with Gasteiger partial charge in [0.1, 0.15) is 0 Å². The molecule has 0 fully saturated rings. The Morgan fingerprint density at radius 3 is 2.74 bits per heavy atom. The molecule has 0 bridgehead atoms. The summed E-state index contributed by atoms with van der Waals surface area (Å²) < 4.78 is 1.74. The Hall–Kier alpha value is -1.13. The fraction of sp³-hybridized carbons (Fsp3) is 0.667. The first-order valence-corrected chi connectivity index (χ1v) is 7.17. The lowest BCUT2D eigenvalue weighted by Crippen LogP contribution is -2.29. The summed E-state index contributed by atoms with van der Waals surface area (Å²) >= 11 is 0. The number of unbranched alkanes of at least 4 members (excludes halogenated alkanes) is 1. The number of nitrogens with zero attached hydrogens (tertiary/aromatic N) is 2. The maximum atomic E-state index is 11.5. The van der Waals surface area contributed by atoms with Crippen LogP contribution in [0.4, 0.5) is 0 Å². The summed E-state index contributed by atoms with van der Waals surface area (Å²) in [5, 5.41) is 3.39. The molecule has 0 aromatic carbocycles. The van der Waals surface area contributed by atoms with Crippen LogP contribution in [0.25, 0.3) is 0 Å². The van der Waals surface area contributed by atoms with Gasteiger partial charge in [0.25, 0.3) is 5.56 Å². The smallest absolute Gasteiger partial charge is 0.250 e. The van der Waals surface area contributed by atoms with E-state index in [1.807, 2.05) is 12.3 Å². The van der Waals surface area contributed by atoms with Gasteiger partial charge in [-0.3, -0.25) is 4.79 Å². The predicted octanol–water partition coefficient (Wildman–Crippen LogP) is 1.56. The molecule has 0 saturated heterocycles. The second-order valence-electron chi connectivity index (χ2n) is 5.26. The maximum absolute atomic E-state index is 11.5. The van der Waals surface area contributed by atoms with Gasteiger partial charge in [0.05, 0.1) is 0 Å². The zero-order chi connectivity index (χ0) is 14.1. The molecule has 1 heterocycles. The average molecular weight is 265 g/mol. The van der Waals surface area contributed by atoms with E-state index in [0.29, 0.717) is 6.04 Å². The fourth-order valence-electron chi connectivity index (χ4n) is 1.84. The van der Waals surface area contributed by atoms with Crippen molar-refractivity contribution in [3.8, 4) is 0 Å². The third-order valence-electron chi connectivity index (χ3n) is 3.42. The van der Waals surface area contributed by atoms with Gasteiger partial charge in [0, 0.05) is 31.4 Å². The summed E-state index contributed by atoms with van der Waals surface area (Å²) in [5.41, 5.74) is 0.0721. The normalized spacial score (nSPS) is 11.4.